The maximum Gasteiger partial charge on any atom is 0.326 e. The highest BCUT2D eigenvalue weighted by atomic mass is 16.4. The SMILES string of the molecule is C#CCN(CC1CC1)C(=O)NC(CC=C)C(=O)O. The normalized spacial score (nSPS) is 15.3. The Labute approximate surface area is 107 Å². The van der Waals surface area contributed by atoms with Crippen molar-refractivity contribution in [2.24, 2.45) is 5.92 Å². The number of amides is 2. The van der Waals surface area contributed by atoms with E-state index in [0.29, 0.717) is 12.5 Å². The molecule has 0 aromatic heterocycles. The van der Waals surface area contributed by atoms with Crippen molar-refractivity contribution in [1.29, 1.82) is 0 Å². The molecular formula is C13H18N2O3. The summed E-state index contributed by atoms with van der Waals surface area (Å²) in [6.07, 6.45) is 9.06. The third kappa shape index (κ3) is 4.50. The Morgan fingerprint density at radius 3 is 2.72 bits per heavy atom. The number of hydrogen-bond donors (Lipinski definition) is 2. The molecule has 0 radical (unpaired) electrons. The molecule has 1 atom stereocenters. The predicted molar refractivity (Wildman–Crippen MR) is 67.9 cm³/mol. The summed E-state index contributed by atoms with van der Waals surface area (Å²) in [4.78, 5) is 24.3. The molecule has 2 amide bonds. The molecule has 0 aromatic rings. The molecule has 1 aliphatic carbocycles. The van der Waals surface area contributed by atoms with Gasteiger partial charge in [0, 0.05) is 6.54 Å². The minimum absolute atomic E-state index is 0.189. The highest BCUT2D eigenvalue weighted by molar-refractivity contribution is 5.82. The van der Waals surface area contributed by atoms with Crippen LogP contribution in [0.3, 0.4) is 0 Å². The van der Waals surface area contributed by atoms with E-state index < -0.39 is 18.0 Å². The van der Waals surface area contributed by atoms with Crippen molar-refractivity contribution in [3.63, 3.8) is 0 Å². The lowest BCUT2D eigenvalue weighted by atomic mass is 10.2. The van der Waals surface area contributed by atoms with Gasteiger partial charge in [0.25, 0.3) is 0 Å². The third-order valence-electron chi connectivity index (χ3n) is 2.74. The van der Waals surface area contributed by atoms with Crippen LogP contribution in [0.1, 0.15) is 19.3 Å². The zero-order valence-electron chi connectivity index (χ0n) is 10.3. The van der Waals surface area contributed by atoms with Gasteiger partial charge in [-0.2, -0.15) is 0 Å². The number of urea groups is 1. The fourth-order valence-corrected chi connectivity index (χ4v) is 1.57. The monoisotopic (exact) mass is 250 g/mol. The van der Waals surface area contributed by atoms with E-state index in [1.807, 2.05) is 0 Å². The summed E-state index contributed by atoms with van der Waals surface area (Å²) >= 11 is 0. The molecule has 0 saturated heterocycles. The van der Waals surface area contributed by atoms with Crippen LogP contribution in [0.15, 0.2) is 12.7 Å². The minimum atomic E-state index is -1.07. The van der Waals surface area contributed by atoms with E-state index in [-0.39, 0.29) is 13.0 Å². The number of rotatable bonds is 7. The number of carbonyl (C=O) groups is 2. The molecule has 1 rings (SSSR count). The zero-order valence-corrected chi connectivity index (χ0v) is 10.3. The van der Waals surface area contributed by atoms with Gasteiger partial charge >= 0.3 is 12.0 Å². The standard InChI is InChI=1S/C13H18N2O3/c1-3-5-11(12(16)17)14-13(18)15(8-4-2)9-10-6-7-10/h2-3,10-11H,1,5-9H2,(H,14,18)(H,16,17). The first kappa shape index (κ1) is 14.1. The van der Waals surface area contributed by atoms with Crippen LogP contribution < -0.4 is 5.32 Å². The molecule has 2 N–H and O–H groups in total. The van der Waals surface area contributed by atoms with E-state index in [2.05, 4.69) is 17.8 Å². The molecule has 0 aromatic carbocycles. The van der Waals surface area contributed by atoms with Crippen molar-refractivity contribution in [2.75, 3.05) is 13.1 Å². The lowest BCUT2D eigenvalue weighted by Crippen LogP contribution is -2.48. The topological polar surface area (TPSA) is 69.6 Å². The summed E-state index contributed by atoms with van der Waals surface area (Å²) in [5.41, 5.74) is 0. The Balaban J connectivity index is 2.54. The van der Waals surface area contributed by atoms with Gasteiger partial charge in [-0.25, -0.2) is 9.59 Å². The maximum absolute atomic E-state index is 11.9. The van der Waals surface area contributed by atoms with Gasteiger partial charge in [0.1, 0.15) is 6.04 Å². The molecule has 1 fully saturated rings. The summed E-state index contributed by atoms with van der Waals surface area (Å²) in [7, 11) is 0. The Kier molecular flexibility index (Phi) is 5.25. The Bertz CT molecular complexity index is 369. The van der Waals surface area contributed by atoms with Gasteiger partial charge in [-0.05, 0) is 25.2 Å². The molecule has 0 spiro atoms. The number of carboxylic acid groups (broad SMARTS) is 1. The summed E-state index contributed by atoms with van der Waals surface area (Å²) in [6.45, 7) is 4.26. The molecule has 0 aliphatic heterocycles. The smallest absolute Gasteiger partial charge is 0.326 e. The van der Waals surface area contributed by atoms with Crippen molar-refractivity contribution >= 4 is 12.0 Å². The molecule has 1 unspecified atom stereocenters. The van der Waals surface area contributed by atoms with Crippen molar-refractivity contribution in [1.82, 2.24) is 10.2 Å². The summed E-state index contributed by atoms with van der Waals surface area (Å²) < 4.78 is 0. The number of carboxylic acids is 1. The Morgan fingerprint density at radius 1 is 1.61 bits per heavy atom. The largest absolute Gasteiger partial charge is 0.480 e. The fourth-order valence-electron chi connectivity index (χ4n) is 1.57. The van der Waals surface area contributed by atoms with Crippen LogP contribution >= 0.6 is 0 Å². The van der Waals surface area contributed by atoms with E-state index >= 15 is 0 Å². The van der Waals surface area contributed by atoms with Crippen LogP contribution in [0.5, 0.6) is 0 Å². The maximum atomic E-state index is 11.9. The van der Waals surface area contributed by atoms with Gasteiger partial charge in [-0.1, -0.05) is 12.0 Å². The molecule has 1 saturated carbocycles. The lowest BCUT2D eigenvalue weighted by Gasteiger charge is -2.23. The predicted octanol–water partition coefficient (Wildman–Crippen LogP) is 1.07. The van der Waals surface area contributed by atoms with Crippen LogP contribution in [0, 0.1) is 18.3 Å². The first-order valence-corrected chi connectivity index (χ1v) is 5.91. The number of nitrogens with zero attached hydrogens (tertiary/aromatic N) is 1. The van der Waals surface area contributed by atoms with E-state index in [4.69, 9.17) is 11.5 Å². The van der Waals surface area contributed by atoms with Crippen molar-refractivity contribution < 1.29 is 14.7 Å². The van der Waals surface area contributed by atoms with Crippen LogP contribution in [0.25, 0.3) is 0 Å². The van der Waals surface area contributed by atoms with Gasteiger partial charge < -0.3 is 15.3 Å². The zero-order chi connectivity index (χ0) is 13.5. The van der Waals surface area contributed by atoms with E-state index in [1.165, 1.54) is 11.0 Å². The van der Waals surface area contributed by atoms with Gasteiger partial charge in [0.15, 0.2) is 0 Å². The van der Waals surface area contributed by atoms with Gasteiger partial charge in [0.05, 0.1) is 6.54 Å². The van der Waals surface area contributed by atoms with Gasteiger partial charge in [-0.15, -0.1) is 13.0 Å². The van der Waals surface area contributed by atoms with Crippen LogP contribution in [0.4, 0.5) is 4.79 Å². The van der Waals surface area contributed by atoms with Crippen LogP contribution in [0.2, 0.25) is 0 Å². The van der Waals surface area contributed by atoms with Crippen molar-refractivity contribution in [3.05, 3.63) is 12.7 Å². The summed E-state index contributed by atoms with van der Waals surface area (Å²) in [6, 6.07) is -1.37. The molecule has 1 aliphatic rings. The van der Waals surface area contributed by atoms with E-state index in [9.17, 15) is 9.59 Å². The molecule has 18 heavy (non-hydrogen) atoms. The molecule has 0 heterocycles. The average Bonchev–Trinajstić information content (AvgIpc) is 3.11. The average molecular weight is 250 g/mol. The molecule has 5 heteroatoms. The lowest BCUT2D eigenvalue weighted by molar-refractivity contribution is -0.139. The molecule has 98 valence electrons. The number of nitrogens with one attached hydrogen (secondary N) is 1. The second-order valence-electron chi connectivity index (χ2n) is 4.39. The number of hydrogen-bond acceptors (Lipinski definition) is 2. The highest BCUT2D eigenvalue weighted by Crippen LogP contribution is 2.29. The quantitative estimate of drug-likeness (QED) is 0.524. The van der Waals surface area contributed by atoms with Crippen molar-refractivity contribution in [2.45, 2.75) is 25.3 Å². The Morgan fingerprint density at radius 2 is 2.28 bits per heavy atom. The van der Waals surface area contributed by atoms with Gasteiger partial charge in [-0.3, -0.25) is 0 Å². The van der Waals surface area contributed by atoms with Crippen molar-refractivity contribution in [3.8, 4) is 12.3 Å². The van der Waals surface area contributed by atoms with Crippen LogP contribution in [-0.2, 0) is 4.79 Å². The van der Waals surface area contributed by atoms with E-state index in [1.54, 1.807) is 0 Å². The second kappa shape index (κ2) is 6.70. The summed E-state index contributed by atoms with van der Waals surface area (Å²) in [5.74, 6) is 1.85. The first-order valence-electron chi connectivity index (χ1n) is 5.91. The molecular weight excluding hydrogens is 232 g/mol. The number of carbonyl (C=O) groups excluding carboxylic acids is 1. The number of terminal acetylenes is 1. The third-order valence-corrected chi connectivity index (χ3v) is 2.74. The molecule has 0 bridgehead atoms. The fraction of sp³-hybridized carbons (Fsp3) is 0.538. The minimum Gasteiger partial charge on any atom is -0.480 e. The summed E-state index contributed by atoms with van der Waals surface area (Å²) in [5, 5.41) is 11.4. The second-order valence-corrected chi connectivity index (χ2v) is 4.39. The van der Waals surface area contributed by atoms with E-state index in [0.717, 1.165) is 12.8 Å². The number of aliphatic carboxylic acids is 1. The van der Waals surface area contributed by atoms with Gasteiger partial charge in [0.2, 0.25) is 0 Å². The molecule has 5 nitrogen and oxygen atoms in total. The Hall–Kier alpha value is -1.96. The highest BCUT2D eigenvalue weighted by Gasteiger charge is 2.28. The first-order chi connectivity index (χ1) is 8.58. The van der Waals surface area contributed by atoms with Crippen LogP contribution in [-0.4, -0.2) is 41.1 Å².